The van der Waals surface area contributed by atoms with E-state index >= 15 is 0 Å². The number of hydrogen-bond acceptors (Lipinski definition) is 3. The van der Waals surface area contributed by atoms with Gasteiger partial charge in [0.15, 0.2) is 17.3 Å². The van der Waals surface area contributed by atoms with Crippen molar-refractivity contribution >= 4 is 11.4 Å². The maximum atomic E-state index is 11.9. The molecule has 2 aliphatic rings. The van der Waals surface area contributed by atoms with E-state index < -0.39 is 0 Å². The van der Waals surface area contributed by atoms with Crippen molar-refractivity contribution in [1.82, 2.24) is 0 Å². The monoisotopic (exact) mass is 272 g/mol. The molecule has 3 nitrogen and oxygen atoms in total. The van der Waals surface area contributed by atoms with E-state index in [-0.39, 0.29) is 11.2 Å². The minimum Gasteiger partial charge on any atom is -0.490 e. The number of rotatable bonds is 1. The average Bonchev–Trinajstić information content (AvgIpc) is 2.60. The second kappa shape index (κ2) is 4.97. The van der Waals surface area contributed by atoms with E-state index in [2.05, 4.69) is 13.8 Å². The predicted octanol–water partition coefficient (Wildman–Crippen LogP) is 3.62. The third-order valence-electron chi connectivity index (χ3n) is 3.78. The van der Waals surface area contributed by atoms with Crippen LogP contribution in [0, 0.1) is 5.41 Å². The number of hydrogen-bond donors (Lipinski definition) is 0. The molecule has 0 amide bonds. The SMILES string of the molecule is CC1(C)CC(=O)C=C(c2ccc3c(c2)OCCCO3)C1. The molecule has 0 spiro atoms. The second-order valence-electron chi connectivity index (χ2n) is 6.37. The largest absolute Gasteiger partial charge is 0.490 e. The predicted molar refractivity (Wildman–Crippen MR) is 78.0 cm³/mol. The number of fused-ring (bicyclic) bond motifs is 1. The van der Waals surface area contributed by atoms with Crippen LogP contribution in [-0.2, 0) is 4.79 Å². The summed E-state index contributed by atoms with van der Waals surface area (Å²) >= 11 is 0. The Kier molecular flexibility index (Phi) is 3.28. The van der Waals surface area contributed by atoms with Crippen LogP contribution in [0.15, 0.2) is 24.3 Å². The topological polar surface area (TPSA) is 35.5 Å². The second-order valence-corrected chi connectivity index (χ2v) is 6.37. The molecule has 106 valence electrons. The maximum Gasteiger partial charge on any atom is 0.161 e. The first-order valence-electron chi connectivity index (χ1n) is 7.17. The minimum atomic E-state index is 0.0331. The van der Waals surface area contributed by atoms with Crippen LogP contribution in [0.25, 0.3) is 5.57 Å². The van der Waals surface area contributed by atoms with Gasteiger partial charge in [-0.2, -0.15) is 0 Å². The standard InChI is InChI=1S/C17H20O3/c1-17(2)10-13(8-14(18)11-17)12-4-5-15-16(9-12)20-7-3-6-19-15/h4-5,8-9H,3,6-7,10-11H2,1-2H3. The Morgan fingerprint density at radius 3 is 2.55 bits per heavy atom. The normalized spacial score (nSPS) is 21.1. The molecule has 1 aliphatic heterocycles. The third-order valence-corrected chi connectivity index (χ3v) is 3.78. The lowest BCUT2D eigenvalue weighted by Crippen LogP contribution is -2.21. The van der Waals surface area contributed by atoms with Crippen LogP contribution < -0.4 is 9.47 Å². The molecule has 0 aromatic heterocycles. The molecule has 3 heteroatoms. The lowest BCUT2D eigenvalue weighted by molar-refractivity contribution is -0.116. The summed E-state index contributed by atoms with van der Waals surface area (Å²) in [6.07, 6.45) is 4.22. The summed E-state index contributed by atoms with van der Waals surface area (Å²) in [5.41, 5.74) is 2.20. The van der Waals surface area contributed by atoms with E-state index in [1.165, 1.54) is 0 Å². The van der Waals surface area contributed by atoms with E-state index in [0.717, 1.165) is 35.5 Å². The first-order chi connectivity index (χ1) is 9.53. The Morgan fingerprint density at radius 1 is 1.05 bits per heavy atom. The molecule has 0 atom stereocenters. The molecule has 1 aliphatic carbocycles. The smallest absolute Gasteiger partial charge is 0.161 e. The van der Waals surface area contributed by atoms with Gasteiger partial charge in [-0.1, -0.05) is 19.9 Å². The van der Waals surface area contributed by atoms with Crippen LogP contribution >= 0.6 is 0 Å². The number of allylic oxidation sites excluding steroid dienone is 2. The molecule has 0 saturated heterocycles. The zero-order valence-electron chi connectivity index (χ0n) is 12.1. The van der Waals surface area contributed by atoms with Crippen LogP contribution in [-0.4, -0.2) is 19.0 Å². The highest BCUT2D eigenvalue weighted by Gasteiger charge is 2.28. The van der Waals surface area contributed by atoms with Gasteiger partial charge in [0.1, 0.15) is 0 Å². The molecule has 1 aromatic carbocycles. The van der Waals surface area contributed by atoms with Gasteiger partial charge in [0.2, 0.25) is 0 Å². The fourth-order valence-corrected chi connectivity index (χ4v) is 2.89. The molecule has 0 unspecified atom stereocenters. The number of carbonyl (C=O) groups is 1. The van der Waals surface area contributed by atoms with Gasteiger partial charge in [-0.05, 0) is 41.2 Å². The van der Waals surface area contributed by atoms with Crippen LogP contribution in [0.4, 0.5) is 0 Å². The molecule has 20 heavy (non-hydrogen) atoms. The van der Waals surface area contributed by atoms with Crippen LogP contribution in [0.1, 0.15) is 38.7 Å². The summed E-state index contributed by atoms with van der Waals surface area (Å²) in [6, 6.07) is 5.97. The fourth-order valence-electron chi connectivity index (χ4n) is 2.89. The van der Waals surface area contributed by atoms with Crippen LogP contribution in [0.3, 0.4) is 0 Å². The summed E-state index contributed by atoms with van der Waals surface area (Å²) in [4.78, 5) is 11.9. The van der Waals surface area contributed by atoms with Gasteiger partial charge in [0, 0.05) is 12.8 Å². The Hall–Kier alpha value is -1.77. The van der Waals surface area contributed by atoms with Crippen molar-refractivity contribution in [2.45, 2.75) is 33.1 Å². The lowest BCUT2D eigenvalue weighted by Gasteiger charge is -2.29. The average molecular weight is 272 g/mol. The molecule has 0 bridgehead atoms. The Morgan fingerprint density at radius 2 is 1.80 bits per heavy atom. The summed E-state index contributed by atoms with van der Waals surface area (Å²) < 4.78 is 11.4. The van der Waals surface area contributed by atoms with Crippen molar-refractivity contribution in [3.8, 4) is 11.5 Å². The molecule has 1 heterocycles. The van der Waals surface area contributed by atoms with Gasteiger partial charge in [0.25, 0.3) is 0 Å². The van der Waals surface area contributed by atoms with Gasteiger partial charge in [-0.15, -0.1) is 0 Å². The third kappa shape index (κ3) is 2.72. The van der Waals surface area contributed by atoms with Crippen LogP contribution in [0.5, 0.6) is 11.5 Å². The number of benzene rings is 1. The zero-order valence-corrected chi connectivity index (χ0v) is 12.1. The van der Waals surface area contributed by atoms with Gasteiger partial charge >= 0.3 is 0 Å². The maximum absolute atomic E-state index is 11.9. The number of ketones is 1. The first kappa shape index (κ1) is 13.2. The summed E-state index contributed by atoms with van der Waals surface area (Å²) in [7, 11) is 0. The van der Waals surface area contributed by atoms with Crippen molar-refractivity contribution < 1.29 is 14.3 Å². The van der Waals surface area contributed by atoms with Crippen molar-refractivity contribution in [2.24, 2.45) is 5.41 Å². The fraction of sp³-hybridized carbons (Fsp3) is 0.471. The van der Waals surface area contributed by atoms with Crippen molar-refractivity contribution in [3.63, 3.8) is 0 Å². The van der Waals surface area contributed by atoms with E-state index in [9.17, 15) is 4.79 Å². The molecule has 1 aromatic rings. The van der Waals surface area contributed by atoms with Crippen molar-refractivity contribution in [2.75, 3.05) is 13.2 Å². The summed E-state index contributed by atoms with van der Waals surface area (Å²) in [5, 5.41) is 0. The van der Waals surface area contributed by atoms with Gasteiger partial charge < -0.3 is 9.47 Å². The molecule has 0 N–H and O–H groups in total. The van der Waals surface area contributed by atoms with E-state index in [4.69, 9.17) is 9.47 Å². The quantitative estimate of drug-likeness (QED) is 0.783. The Balaban J connectivity index is 1.95. The first-order valence-corrected chi connectivity index (χ1v) is 7.17. The Bertz CT molecular complexity index is 570. The molecule has 0 fully saturated rings. The molecule has 3 rings (SSSR count). The van der Waals surface area contributed by atoms with E-state index in [1.54, 1.807) is 6.08 Å². The van der Waals surface area contributed by atoms with Crippen molar-refractivity contribution in [1.29, 1.82) is 0 Å². The van der Waals surface area contributed by atoms with E-state index in [1.807, 2.05) is 18.2 Å². The highest BCUT2D eigenvalue weighted by atomic mass is 16.5. The van der Waals surface area contributed by atoms with Crippen molar-refractivity contribution in [3.05, 3.63) is 29.8 Å². The Labute approximate surface area is 119 Å². The van der Waals surface area contributed by atoms with Gasteiger partial charge in [0.05, 0.1) is 13.2 Å². The molecular formula is C17H20O3. The molecular weight excluding hydrogens is 252 g/mol. The highest BCUT2D eigenvalue weighted by molar-refractivity contribution is 5.99. The number of ether oxygens (including phenoxy) is 2. The molecule has 0 radical (unpaired) electrons. The number of carbonyl (C=O) groups excluding carboxylic acids is 1. The highest BCUT2D eigenvalue weighted by Crippen LogP contribution is 2.40. The summed E-state index contributed by atoms with van der Waals surface area (Å²) in [6.45, 7) is 5.66. The van der Waals surface area contributed by atoms with Gasteiger partial charge in [-0.25, -0.2) is 0 Å². The summed E-state index contributed by atoms with van der Waals surface area (Å²) in [5.74, 6) is 1.80. The zero-order chi connectivity index (χ0) is 14.2. The minimum absolute atomic E-state index is 0.0331. The lowest BCUT2D eigenvalue weighted by atomic mass is 9.75. The van der Waals surface area contributed by atoms with Crippen LogP contribution in [0.2, 0.25) is 0 Å². The molecule has 0 saturated carbocycles. The van der Waals surface area contributed by atoms with E-state index in [0.29, 0.717) is 19.6 Å². The van der Waals surface area contributed by atoms with Gasteiger partial charge in [-0.3, -0.25) is 4.79 Å².